The SMILES string of the molecule is Cc1ccc(Cn2nc(C)c(NC(=O)c3cc4n(n3)[C@H](C(F)(F)F)C[C@H](c3ccccc3)N4)c2C)cc1. The summed E-state index contributed by atoms with van der Waals surface area (Å²) in [4.78, 5) is 13.1. The van der Waals surface area contributed by atoms with Gasteiger partial charge in [-0.1, -0.05) is 60.2 Å². The standard InChI is InChI=1S/C27H27F3N6O/c1-16-9-11-19(12-10-16)15-35-18(3)25(17(2)33-35)32-26(37)22-14-24-31-21(20-7-5-4-6-8-20)13-23(27(28,29)30)36(24)34-22/h4-12,14,21,23,31H,13,15H2,1-3H3,(H,32,37)/t21-,23+/m1/s1. The van der Waals surface area contributed by atoms with Crippen molar-refractivity contribution in [2.45, 2.75) is 52.0 Å². The van der Waals surface area contributed by atoms with Crippen LogP contribution in [0.5, 0.6) is 0 Å². The summed E-state index contributed by atoms with van der Waals surface area (Å²) < 4.78 is 44.6. The first-order chi connectivity index (χ1) is 17.6. The third kappa shape index (κ3) is 4.96. The molecule has 2 aromatic heterocycles. The number of amides is 1. The van der Waals surface area contributed by atoms with Gasteiger partial charge in [-0.25, -0.2) is 4.68 Å². The van der Waals surface area contributed by atoms with Crippen molar-refractivity contribution < 1.29 is 18.0 Å². The first-order valence-corrected chi connectivity index (χ1v) is 12.0. The number of rotatable bonds is 5. The van der Waals surface area contributed by atoms with Gasteiger partial charge in [0.25, 0.3) is 5.91 Å². The van der Waals surface area contributed by atoms with Gasteiger partial charge >= 0.3 is 6.18 Å². The monoisotopic (exact) mass is 508 g/mol. The summed E-state index contributed by atoms with van der Waals surface area (Å²) in [5.41, 5.74) is 4.73. The molecule has 0 aliphatic carbocycles. The van der Waals surface area contributed by atoms with Crippen LogP contribution in [-0.2, 0) is 6.54 Å². The quantitative estimate of drug-likeness (QED) is 0.349. The first kappa shape index (κ1) is 24.6. The molecule has 0 saturated carbocycles. The van der Waals surface area contributed by atoms with Crippen molar-refractivity contribution in [1.29, 1.82) is 0 Å². The summed E-state index contributed by atoms with van der Waals surface area (Å²) >= 11 is 0. The predicted molar refractivity (Wildman–Crippen MR) is 135 cm³/mol. The van der Waals surface area contributed by atoms with E-state index in [1.165, 1.54) is 6.07 Å². The molecule has 37 heavy (non-hydrogen) atoms. The number of nitrogens with zero attached hydrogens (tertiary/aromatic N) is 4. The van der Waals surface area contributed by atoms with E-state index >= 15 is 0 Å². The minimum absolute atomic E-state index is 0.101. The second-order valence-electron chi connectivity index (χ2n) is 9.40. The van der Waals surface area contributed by atoms with E-state index in [1.807, 2.05) is 44.2 Å². The summed E-state index contributed by atoms with van der Waals surface area (Å²) in [6.07, 6.45) is -4.75. The molecular formula is C27H27F3N6O. The number of carbonyl (C=O) groups is 1. The van der Waals surface area contributed by atoms with Crippen LogP contribution in [0.2, 0.25) is 0 Å². The van der Waals surface area contributed by atoms with Crippen LogP contribution in [0.3, 0.4) is 0 Å². The number of aromatic nitrogens is 4. The fraction of sp³-hybridized carbons (Fsp3) is 0.296. The van der Waals surface area contributed by atoms with E-state index in [2.05, 4.69) is 20.8 Å². The highest BCUT2D eigenvalue weighted by atomic mass is 19.4. The number of nitrogens with one attached hydrogen (secondary N) is 2. The normalized spacial score (nSPS) is 17.2. The van der Waals surface area contributed by atoms with Gasteiger partial charge in [0.15, 0.2) is 11.7 Å². The van der Waals surface area contributed by atoms with Gasteiger partial charge in [-0.05, 0) is 31.9 Å². The molecule has 0 fully saturated rings. The van der Waals surface area contributed by atoms with Crippen molar-refractivity contribution in [3.05, 3.63) is 94.4 Å². The van der Waals surface area contributed by atoms with Crippen LogP contribution < -0.4 is 10.6 Å². The Bertz CT molecular complexity index is 1420. The lowest BCUT2D eigenvalue weighted by Crippen LogP contribution is -2.35. The summed E-state index contributed by atoms with van der Waals surface area (Å²) in [5, 5.41) is 14.5. The first-order valence-electron chi connectivity index (χ1n) is 12.0. The van der Waals surface area contributed by atoms with Gasteiger partial charge in [0.05, 0.1) is 29.7 Å². The van der Waals surface area contributed by atoms with Crippen LogP contribution in [0.4, 0.5) is 24.7 Å². The number of hydrogen-bond acceptors (Lipinski definition) is 4. The van der Waals surface area contributed by atoms with E-state index in [1.54, 1.807) is 35.9 Å². The molecule has 0 unspecified atom stereocenters. The molecular weight excluding hydrogens is 481 g/mol. The molecule has 4 aromatic rings. The van der Waals surface area contributed by atoms with E-state index < -0.39 is 24.2 Å². The molecule has 5 rings (SSSR count). The van der Waals surface area contributed by atoms with Crippen molar-refractivity contribution in [2.24, 2.45) is 0 Å². The van der Waals surface area contributed by atoms with Crippen LogP contribution in [0.25, 0.3) is 0 Å². The summed E-state index contributed by atoms with van der Waals surface area (Å²) in [6, 6.07) is 16.0. The molecule has 0 saturated heterocycles. The van der Waals surface area contributed by atoms with Gasteiger partial charge in [-0.15, -0.1) is 0 Å². The Balaban J connectivity index is 1.39. The minimum Gasteiger partial charge on any atom is -0.363 e. The highest BCUT2D eigenvalue weighted by Crippen LogP contribution is 2.43. The number of halogens is 3. The molecule has 0 bridgehead atoms. The zero-order valence-electron chi connectivity index (χ0n) is 20.7. The fourth-order valence-electron chi connectivity index (χ4n) is 4.66. The third-order valence-corrected chi connectivity index (χ3v) is 6.70. The molecule has 1 amide bonds. The van der Waals surface area contributed by atoms with Crippen molar-refractivity contribution in [2.75, 3.05) is 10.6 Å². The Morgan fingerprint density at radius 2 is 1.76 bits per heavy atom. The Kier molecular flexibility index (Phi) is 6.26. The molecule has 0 radical (unpaired) electrons. The molecule has 2 N–H and O–H groups in total. The van der Waals surface area contributed by atoms with Gasteiger partial charge < -0.3 is 10.6 Å². The number of anilines is 2. The third-order valence-electron chi connectivity index (χ3n) is 6.70. The summed E-state index contributed by atoms with van der Waals surface area (Å²) in [7, 11) is 0. The Labute approximate surface area is 212 Å². The lowest BCUT2D eigenvalue weighted by atomic mass is 9.97. The second kappa shape index (κ2) is 9.42. The molecule has 0 spiro atoms. The highest BCUT2D eigenvalue weighted by Gasteiger charge is 2.46. The lowest BCUT2D eigenvalue weighted by molar-refractivity contribution is -0.173. The van der Waals surface area contributed by atoms with E-state index in [0.29, 0.717) is 17.9 Å². The van der Waals surface area contributed by atoms with Crippen molar-refractivity contribution >= 4 is 17.4 Å². The number of carbonyl (C=O) groups excluding carboxylic acids is 1. The average Bonchev–Trinajstić information content (AvgIpc) is 3.41. The minimum atomic E-state index is -4.52. The second-order valence-corrected chi connectivity index (χ2v) is 9.40. The summed E-state index contributed by atoms with van der Waals surface area (Å²) in [6.45, 7) is 6.16. The largest absolute Gasteiger partial charge is 0.410 e. The number of fused-ring (bicyclic) bond motifs is 1. The topological polar surface area (TPSA) is 76.8 Å². The van der Waals surface area contributed by atoms with Crippen molar-refractivity contribution in [3.63, 3.8) is 0 Å². The predicted octanol–water partition coefficient (Wildman–Crippen LogP) is 5.97. The van der Waals surface area contributed by atoms with Crippen molar-refractivity contribution in [1.82, 2.24) is 19.6 Å². The maximum absolute atomic E-state index is 14.0. The Morgan fingerprint density at radius 1 is 1.05 bits per heavy atom. The van der Waals surface area contributed by atoms with Gasteiger partial charge in [-0.3, -0.25) is 9.48 Å². The van der Waals surface area contributed by atoms with E-state index in [-0.39, 0.29) is 17.9 Å². The van der Waals surface area contributed by atoms with Gasteiger partial charge in [0.2, 0.25) is 0 Å². The number of alkyl halides is 3. The zero-order valence-corrected chi connectivity index (χ0v) is 20.7. The Morgan fingerprint density at radius 3 is 2.43 bits per heavy atom. The van der Waals surface area contributed by atoms with Crippen LogP contribution in [0, 0.1) is 20.8 Å². The highest BCUT2D eigenvalue weighted by molar-refractivity contribution is 6.04. The number of aryl methyl sites for hydroxylation is 2. The molecule has 1 aliphatic heterocycles. The maximum Gasteiger partial charge on any atom is 0.410 e. The molecule has 2 atom stereocenters. The number of hydrogen-bond donors (Lipinski definition) is 2. The molecule has 192 valence electrons. The van der Waals surface area contributed by atoms with Gasteiger partial charge in [0.1, 0.15) is 5.82 Å². The molecule has 7 nitrogen and oxygen atoms in total. The zero-order chi connectivity index (χ0) is 26.3. The molecule has 3 heterocycles. The number of benzene rings is 2. The lowest BCUT2D eigenvalue weighted by Gasteiger charge is -2.33. The average molecular weight is 509 g/mol. The van der Waals surface area contributed by atoms with Crippen LogP contribution in [-0.4, -0.2) is 31.6 Å². The Hall–Kier alpha value is -4.08. The van der Waals surface area contributed by atoms with Crippen LogP contribution in [0.15, 0.2) is 60.7 Å². The van der Waals surface area contributed by atoms with E-state index in [0.717, 1.165) is 27.1 Å². The van der Waals surface area contributed by atoms with E-state index in [4.69, 9.17) is 0 Å². The maximum atomic E-state index is 14.0. The molecule has 1 aliphatic rings. The van der Waals surface area contributed by atoms with Crippen LogP contribution >= 0.6 is 0 Å². The van der Waals surface area contributed by atoms with E-state index in [9.17, 15) is 18.0 Å². The smallest absolute Gasteiger partial charge is 0.363 e. The molecule has 10 heteroatoms. The summed E-state index contributed by atoms with van der Waals surface area (Å²) in [5.74, 6) is -0.446. The van der Waals surface area contributed by atoms with Gasteiger partial charge in [0, 0.05) is 12.5 Å². The van der Waals surface area contributed by atoms with Crippen LogP contribution in [0.1, 0.15) is 57.1 Å². The molecule has 2 aromatic carbocycles. The fourth-order valence-corrected chi connectivity index (χ4v) is 4.66. The van der Waals surface area contributed by atoms with Crippen molar-refractivity contribution in [3.8, 4) is 0 Å². The van der Waals surface area contributed by atoms with Gasteiger partial charge in [-0.2, -0.15) is 23.4 Å².